The summed E-state index contributed by atoms with van der Waals surface area (Å²) < 4.78 is 11.0. The first kappa shape index (κ1) is 14.0. The van der Waals surface area contributed by atoms with E-state index in [1.165, 1.54) is 6.08 Å². The average molecular weight is 286 g/mol. The average Bonchev–Trinajstić information content (AvgIpc) is 2.45. The van der Waals surface area contributed by atoms with Crippen LogP contribution in [0, 0.1) is 11.3 Å². The Labute approximate surface area is 122 Å². The highest BCUT2D eigenvalue weighted by Gasteiger charge is 2.05. The van der Waals surface area contributed by atoms with Gasteiger partial charge >= 0.3 is 0 Å². The molecule has 0 spiro atoms. The van der Waals surface area contributed by atoms with Gasteiger partial charge in [-0.25, -0.2) is 0 Å². The lowest BCUT2D eigenvalue weighted by atomic mass is 10.2. The number of allylic oxidation sites excluding steroid dienone is 1. The first-order valence-corrected chi connectivity index (χ1v) is 6.28. The number of benzene rings is 2. The molecule has 0 aromatic heterocycles. The van der Waals surface area contributed by atoms with Crippen molar-refractivity contribution in [1.29, 1.82) is 5.26 Å². The fraction of sp³-hybridized carbons (Fsp3) is 0.0625. The summed E-state index contributed by atoms with van der Waals surface area (Å²) in [5, 5.41) is 9.09. The second-order valence-electron chi connectivity index (χ2n) is 3.94. The molecule has 100 valence electrons. The van der Waals surface area contributed by atoms with E-state index in [1.807, 2.05) is 30.3 Å². The summed E-state index contributed by atoms with van der Waals surface area (Å²) >= 11 is 6.04. The van der Waals surface area contributed by atoms with Gasteiger partial charge in [0, 0.05) is 11.1 Å². The maximum Gasteiger partial charge on any atom is 0.169 e. The Hall–Kier alpha value is -2.44. The number of rotatable bonds is 4. The van der Waals surface area contributed by atoms with Crippen molar-refractivity contribution in [2.45, 2.75) is 0 Å². The SMILES string of the molecule is COc1ccccc1Oc1cc(Cl)cc(/C=C\C#N)c1. The van der Waals surface area contributed by atoms with Gasteiger partial charge in [-0.3, -0.25) is 0 Å². The zero-order valence-corrected chi connectivity index (χ0v) is 11.6. The van der Waals surface area contributed by atoms with E-state index in [4.69, 9.17) is 26.3 Å². The summed E-state index contributed by atoms with van der Waals surface area (Å²) in [6, 6.07) is 14.5. The molecule has 2 aromatic rings. The van der Waals surface area contributed by atoms with Crippen molar-refractivity contribution >= 4 is 17.7 Å². The van der Waals surface area contributed by atoms with Gasteiger partial charge < -0.3 is 9.47 Å². The lowest BCUT2D eigenvalue weighted by Gasteiger charge is -2.10. The van der Waals surface area contributed by atoms with Gasteiger partial charge in [-0.1, -0.05) is 23.7 Å². The second kappa shape index (κ2) is 6.65. The molecule has 0 aliphatic rings. The fourth-order valence-electron chi connectivity index (χ4n) is 1.70. The molecule has 4 heteroatoms. The van der Waals surface area contributed by atoms with Crippen LogP contribution in [0.25, 0.3) is 6.08 Å². The van der Waals surface area contributed by atoms with Gasteiger partial charge in [-0.2, -0.15) is 5.26 Å². The van der Waals surface area contributed by atoms with Crippen LogP contribution in [-0.4, -0.2) is 7.11 Å². The molecule has 0 bridgehead atoms. The van der Waals surface area contributed by atoms with Gasteiger partial charge in [-0.15, -0.1) is 0 Å². The Kier molecular flexibility index (Phi) is 4.65. The van der Waals surface area contributed by atoms with Crippen molar-refractivity contribution < 1.29 is 9.47 Å². The summed E-state index contributed by atoms with van der Waals surface area (Å²) in [4.78, 5) is 0. The number of ether oxygens (including phenoxy) is 2. The second-order valence-corrected chi connectivity index (χ2v) is 4.37. The maximum atomic E-state index is 8.55. The van der Waals surface area contributed by atoms with Crippen molar-refractivity contribution in [3.63, 3.8) is 0 Å². The van der Waals surface area contributed by atoms with Gasteiger partial charge in [0.25, 0.3) is 0 Å². The van der Waals surface area contributed by atoms with Gasteiger partial charge in [0.05, 0.1) is 13.2 Å². The number of para-hydroxylation sites is 2. The predicted octanol–water partition coefficient (Wildman–Crippen LogP) is 4.68. The van der Waals surface area contributed by atoms with Crippen molar-refractivity contribution in [2.24, 2.45) is 0 Å². The zero-order valence-electron chi connectivity index (χ0n) is 10.8. The van der Waals surface area contributed by atoms with Crippen LogP contribution in [0.5, 0.6) is 17.2 Å². The van der Waals surface area contributed by atoms with Crippen LogP contribution < -0.4 is 9.47 Å². The zero-order chi connectivity index (χ0) is 14.4. The molecule has 0 aliphatic heterocycles. The van der Waals surface area contributed by atoms with Crippen molar-refractivity contribution in [1.82, 2.24) is 0 Å². The van der Waals surface area contributed by atoms with Crippen molar-refractivity contribution in [3.8, 4) is 23.3 Å². The van der Waals surface area contributed by atoms with E-state index in [-0.39, 0.29) is 0 Å². The standard InChI is InChI=1S/C16H12ClNO2/c1-19-15-6-2-3-7-16(15)20-14-10-12(5-4-8-18)9-13(17)11-14/h2-7,9-11H,1H3/b5-4-. The van der Waals surface area contributed by atoms with Crippen LogP contribution >= 0.6 is 11.6 Å². The Morgan fingerprint density at radius 3 is 2.60 bits per heavy atom. The van der Waals surface area contributed by atoms with E-state index >= 15 is 0 Å². The number of hydrogen-bond acceptors (Lipinski definition) is 3. The Morgan fingerprint density at radius 1 is 1.15 bits per heavy atom. The molecule has 0 atom stereocenters. The highest BCUT2D eigenvalue weighted by molar-refractivity contribution is 6.30. The third-order valence-electron chi connectivity index (χ3n) is 2.54. The van der Waals surface area contributed by atoms with Crippen LogP contribution in [0.4, 0.5) is 0 Å². The summed E-state index contributed by atoms with van der Waals surface area (Å²) in [5.41, 5.74) is 0.795. The molecule has 2 aromatic carbocycles. The van der Waals surface area contributed by atoms with Crippen molar-refractivity contribution in [3.05, 3.63) is 59.1 Å². The van der Waals surface area contributed by atoms with E-state index < -0.39 is 0 Å². The van der Waals surface area contributed by atoms with Gasteiger partial charge in [0.1, 0.15) is 5.75 Å². The van der Waals surface area contributed by atoms with Crippen LogP contribution in [0.3, 0.4) is 0 Å². The summed E-state index contributed by atoms with van der Waals surface area (Å²) in [6.45, 7) is 0. The minimum atomic E-state index is 0.537. The van der Waals surface area contributed by atoms with Crippen molar-refractivity contribution in [2.75, 3.05) is 7.11 Å². The smallest absolute Gasteiger partial charge is 0.169 e. The molecule has 0 N–H and O–H groups in total. The largest absolute Gasteiger partial charge is 0.493 e. The first-order chi connectivity index (χ1) is 9.72. The summed E-state index contributed by atoms with van der Waals surface area (Å²) in [5.74, 6) is 1.83. The quantitative estimate of drug-likeness (QED) is 0.766. The number of hydrogen-bond donors (Lipinski definition) is 0. The van der Waals surface area contributed by atoms with Gasteiger partial charge in [-0.05, 0) is 42.0 Å². The van der Waals surface area contributed by atoms with Crippen LogP contribution in [-0.2, 0) is 0 Å². The summed E-state index contributed by atoms with van der Waals surface area (Å²) in [6.07, 6.45) is 3.06. The van der Waals surface area contributed by atoms with E-state index in [2.05, 4.69) is 0 Å². The molecule has 0 saturated carbocycles. The van der Waals surface area contributed by atoms with Gasteiger partial charge in [0.15, 0.2) is 11.5 Å². The minimum Gasteiger partial charge on any atom is -0.493 e. The van der Waals surface area contributed by atoms with E-state index in [9.17, 15) is 0 Å². The van der Waals surface area contributed by atoms with Crippen LogP contribution in [0.2, 0.25) is 5.02 Å². The topological polar surface area (TPSA) is 42.2 Å². The lowest BCUT2D eigenvalue weighted by molar-refractivity contribution is 0.379. The number of nitriles is 1. The molecular weight excluding hydrogens is 274 g/mol. The maximum absolute atomic E-state index is 8.55. The monoisotopic (exact) mass is 285 g/mol. The molecule has 0 fully saturated rings. The molecule has 0 unspecified atom stereocenters. The predicted molar refractivity (Wildman–Crippen MR) is 79.2 cm³/mol. The van der Waals surface area contributed by atoms with E-state index in [0.29, 0.717) is 22.3 Å². The molecule has 0 saturated heterocycles. The molecule has 20 heavy (non-hydrogen) atoms. The molecular formula is C16H12ClNO2. The third kappa shape index (κ3) is 3.53. The minimum absolute atomic E-state index is 0.537. The Balaban J connectivity index is 2.31. The number of nitrogens with zero attached hydrogens (tertiary/aromatic N) is 1. The van der Waals surface area contributed by atoms with Gasteiger partial charge in [0.2, 0.25) is 0 Å². The molecule has 0 aliphatic carbocycles. The number of methoxy groups -OCH3 is 1. The molecule has 2 rings (SSSR count). The molecule has 0 amide bonds. The summed E-state index contributed by atoms with van der Waals surface area (Å²) in [7, 11) is 1.58. The third-order valence-corrected chi connectivity index (χ3v) is 2.76. The highest BCUT2D eigenvalue weighted by Crippen LogP contribution is 2.32. The van der Waals surface area contributed by atoms with E-state index in [0.717, 1.165) is 5.56 Å². The Morgan fingerprint density at radius 2 is 1.90 bits per heavy atom. The molecule has 3 nitrogen and oxygen atoms in total. The molecule has 0 heterocycles. The highest BCUT2D eigenvalue weighted by atomic mass is 35.5. The number of halogens is 1. The van der Waals surface area contributed by atoms with Crippen LogP contribution in [0.15, 0.2) is 48.5 Å². The normalized spacial score (nSPS) is 10.2. The fourth-order valence-corrected chi connectivity index (χ4v) is 1.94. The first-order valence-electron chi connectivity index (χ1n) is 5.90. The lowest BCUT2D eigenvalue weighted by Crippen LogP contribution is -1.90. The molecule has 0 radical (unpaired) electrons. The van der Waals surface area contributed by atoms with Crippen LogP contribution in [0.1, 0.15) is 5.56 Å². The Bertz CT molecular complexity index is 674. The van der Waals surface area contributed by atoms with E-state index in [1.54, 1.807) is 31.4 Å².